The maximum atomic E-state index is 5.23. The van der Waals surface area contributed by atoms with Crippen LogP contribution in [0.25, 0.3) is 10.6 Å². The van der Waals surface area contributed by atoms with Gasteiger partial charge in [0.05, 0.1) is 7.11 Å². The molecule has 0 saturated carbocycles. The van der Waals surface area contributed by atoms with Crippen LogP contribution in [0.4, 0.5) is 5.82 Å². The molecule has 3 nitrogen and oxygen atoms in total. The first-order valence-corrected chi connectivity index (χ1v) is 5.45. The predicted octanol–water partition coefficient (Wildman–Crippen LogP) is 2.86. The van der Waals surface area contributed by atoms with Crippen LogP contribution in [-0.4, -0.2) is 19.1 Å². The summed E-state index contributed by atoms with van der Waals surface area (Å²) in [6, 6.07) is 10.1. The van der Waals surface area contributed by atoms with Crippen molar-refractivity contribution < 1.29 is 4.74 Å². The van der Waals surface area contributed by atoms with Gasteiger partial charge in [0, 0.05) is 12.6 Å². The molecule has 15 heavy (non-hydrogen) atoms. The molecule has 1 N–H and O–H groups in total. The molecule has 1 aromatic heterocycles. The topological polar surface area (TPSA) is 34.2 Å². The van der Waals surface area contributed by atoms with Crippen molar-refractivity contribution >= 4 is 17.2 Å². The quantitative estimate of drug-likeness (QED) is 0.863. The Kier molecular flexibility index (Phi) is 2.87. The summed E-state index contributed by atoms with van der Waals surface area (Å²) >= 11 is 1.54. The van der Waals surface area contributed by atoms with Crippen LogP contribution in [0, 0.1) is 0 Å². The SMILES string of the molecule is CNc1nc(-c2ccccc2)sc1OC. The highest BCUT2D eigenvalue weighted by Crippen LogP contribution is 2.36. The van der Waals surface area contributed by atoms with Crippen LogP contribution in [0.1, 0.15) is 0 Å². The summed E-state index contributed by atoms with van der Waals surface area (Å²) in [6.07, 6.45) is 0. The molecule has 2 aromatic rings. The molecule has 0 aliphatic heterocycles. The summed E-state index contributed by atoms with van der Waals surface area (Å²) in [7, 11) is 3.50. The molecule has 0 fully saturated rings. The van der Waals surface area contributed by atoms with Crippen LogP contribution in [0.3, 0.4) is 0 Å². The standard InChI is InChI=1S/C11H12N2OS/c1-12-9-11(14-2)15-10(13-9)8-6-4-3-5-7-8/h3-7,12H,1-2H3. The average molecular weight is 220 g/mol. The maximum absolute atomic E-state index is 5.23. The van der Waals surface area contributed by atoms with E-state index in [2.05, 4.69) is 10.3 Å². The minimum absolute atomic E-state index is 0.793. The second kappa shape index (κ2) is 4.31. The van der Waals surface area contributed by atoms with Crippen molar-refractivity contribution in [2.45, 2.75) is 0 Å². The summed E-state index contributed by atoms with van der Waals surface area (Å²) < 4.78 is 5.23. The Hall–Kier alpha value is -1.55. The third-order valence-electron chi connectivity index (χ3n) is 2.04. The van der Waals surface area contributed by atoms with Gasteiger partial charge in [0.25, 0.3) is 0 Å². The Bertz CT molecular complexity index is 418. The smallest absolute Gasteiger partial charge is 0.219 e. The van der Waals surface area contributed by atoms with E-state index in [0.717, 1.165) is 21.5 Å². The van der Waals surface area contributed by atoms with Gasteiger partial charge in [0.15, 0.2) is 5.82 Å². The Balaban J connectivity index is 2.42. The van der Waals surface area contributed by atoms with Crippen LogP contribution in [0.2, 0.25) is 0 Å². The van der Waals surface area contributed by atoms with E-state index in [4.69, 9.17) is 4.74 Å². The van der Waals surface area contributed by atoms with E-state index in [-0.39, 0.29) is 0 Å². The molecule has 2 rings (SSSR count). The van der Waals surface area contributed by atoms with E-state index in [9.17, 15) is 0 Å². The summed E-state index contributed by atoms with van der Waals surface area (Å²) in [5, 5.41) is 4.80. The van der Waals surface area contributed by atoms with Crippen LogP contribution in [-0.2, 0) is 0 Å². The highest BCUT2D eigenvalue weighted by atomic mass is 32.1. The van der Waals surface area contributed by atoms with Gasteiger partial charge in [0.1, 0.15) is 5.01 Å². The zero-order valence-electron chi connectivity index (χ0n) is 8.65. The number of aromatic nitrogens is 1. The second-order valence-electron chi connectivity index (χ2n) is 2.98. The number of hydrogen-bond donors (Lipinski definition) is 1. The Morgan fingerprint density at radius 1 is 1.27 bits per heavy atom. The highest BCUT2D eigenvalue weighted by Gasteiger charge is 2.10. The monoisotopic (exact) mass is 220 g/mol. The number of rotatable bonds is 3. The number of nitrogens with one attached hydrogen (secondary N) is 1. The number of ether oxygens (including phenoxy) is 1. The number of thiazole rings is 1. The molecule has 0 saturated heterocycles. The van der Waals surface area contributed by atoms with Gasteiger partial charge < -0.3 is 10.1 Å². The molecule has 1 heterocycles. The Morgan fingerprint density at radius 2 is 2.00 bits per heavy atom. The zero-order chi connectivity index (χ0) is 10.7. The van der Waals surface area contributed by atoms with Gasteiger partial charge in [-0.05, 0) is 0 Å². The van der Waals surface area contributed by atoms with Gasteiger partial charge in [0.2, 0.25) is 5.06 Å². The fourth-order valence-electron chi connectivity index (χ4n) is 1.31. The van der Waals surface area contributed by atoms with Crippen molar-refractivity contribution in [3.8, 4) is 15.6 Å². The largest absolute Gasteiger partial charge is 0.485 e. The van der Waals surface area contributed by atoms with E-state index in [1.165, 1.54) is 0 Å². The van der Waals surface area contributed by atoms with E-state index in [1.807, 2.05) is 37.4 Å². The third-order valence-corrected chi connectivity index (χ3v) is 3.10. The molecule has 0 radical (unpaired) electrons. The van der Waals surface area contributed by atoms with Gasteiger partial charge in [-0.25, -0.2) is 4.98 Å². The first-order chi connectivity index (χ1) is 7.35. The lowest BCUT2D eigenvalue weighted by molar-refractivity contribution is 0.428. The van der Waals surface area contributed by atoms with E-state index >= 15 is 0 Å². The molecule has 0 unspecified atom stereocenters. The van der Waals surface area contributed by atoms with Gasteiger partial charge >= 0.3 is 0 Å². The first-order valence-electron chi connectivity index (χ1n) is 4.63. The summed E-state index contributed by atoms with van der Waals surface area (Å²) in [4.78, 5) is 4.45. The highest BCUT2D eigenvalue weighted by molar-refractivity contribution is 7.17. The van der Waals surface area contributed by atoms with Crippen molar-refractivity contribution in [2.24, 2.45) is 0 Å². The van der Waals surface area contributed by atoms with Crippen molar-refractivity contribution in [1.29, 1.82) is 0 Å². The Morgan fingerprint density at radius 3 is 2.53 bits per heavy atom. The normalized spacial score (nSPS) is 10.0. The van der Waals surface area contributed by atoms with E-state index in [0.29, 0.717) is 0 Å². The first kappa shape index (κ1) is 9.98. The minimum atomic E-state index is 0.793. The zero-order valence-corrected chi connectivity index (χ0v) is 9.47. The lowest BCUT2D eigenvalue weighted by Gasteiger charge is -1.96. The van der Waals surface area contributed by atoms with Crippen LogP contribution < -0.4 is 10.1 Å². The third kappa shape index (κ3) is 1.94. The maximum Gasteiger partial charge on any atom is 0.219 e. The van der Waals surface area contributed by atoms with Gasteiger partial charge in [-0.1, -0.05) is 41.7 Å². The Labute approximate surface area is 92.7 Å². The van der Waals surface area contributed by atoms with Gasteiger partial charge in [-0.15, -0.1) is 0 Å². The molecular formula is C11H12N2OS. The molecule has 0 spiro atoms. The fourth-order valence-corrected chi connectivity index (χ4v) is 2.20. The lowest BCUT2D eigenvalue weighted by atomic mass is 10.2. The van der Waals surface area contributed by atoms with Gasteiger partial charge in [-0.3, -0.25) is 0 Å². The molecule has 78 valence electrons. The van der Waals surface area contributed by atoms with E-state index in [1.54, 1.807) is 18.4 Å². The van der Waals surface area contributed by atoms with E-state index < -0.39 is 0 Å². The summed E-state index contributed by atoms with van der Waals surface area (Å²) in [6.45, 7) is 0. The number of hydrogen-bond acceptors (Lipinski definition) is 4. The number of anilines is 1. The second-order valence-corrected chi connectivity index (χ2v) is 3.94. The minimum Gasteiger partial charge on any atom is -0.485 e. The van der Waals surface area contributed by atoms with Crippen LogP contribution in [0.15, 0.2) is 30.3 Å². The summed E-state index contributed by atoms with van der Waals surface area (Å²) in [5.41, 5.74) is 1.11. The molecule has 0 aliphatic carbocycles. The van der Waals surface area contributed by atoms with Crippen molar-refractivity contribution in [2.75, 3.05) is 19.5 Å². The molecule has 4 heteroatoms. The van der Waals surface area contributed by atoms with Crippen LogP contribution in [0.5, 0.6) is 5.06 Å². The molecular weight excluding hydrogens is 208 g/mol. The average Bonchev–Trinajstić information content (AvgIpc) is 2.73. The van der Waals surface area contributed by atoms with Crippen molar-refractivity contribution in [1.82, 2.24) is 4.98 Å². The van der Waals surface area contributed by atoms with Gasteiger partial charge in [-0.2, -0.15) is 0 Å². The molecule has 1 aromatic carbocycles. The van der Waals surface area contributed by atoms with Crippen molar-refractivity contribution in [3.63, 3.8) is 0 Å². The van der Waals surface area contributed by atoms with Crippen LogP contribution >= 0.6 is 11.3 Å². The number of nitrogens with zero attached hydrogens (tertiary/aromatic N) is 1. The lowest BCUT2D eigenvalue weighted by Crippen LogP contribution is -1.90. The molecule has 0 atom stereocenters. The molecule has 0 aliphatic rings. The molecule has 0 bridgehead atoms. The fraction of sp³-hybridized carbons (Fsp3) is 0.182. The summed E-state index contributed by atoms with van der Waals surface area (Å²) in [5.74, 6) is 0.793. The predicted molar refractivity (Wildman–Crippen MR) is 63.6 cm³/mol. The number of methoxy groups -OCH3 is 1. The number of benzene rings is 1. The van der Waals surface area contributed by atoms with Crippen molar-refractivity contribution in [3.05, 3.63) is 30.3 Å². The molecule has 0 amide bonds.